The van der Waals surface area contributed by atoms with Crippen molar-refractivity contribution in [3.8, 4) is 0 Å². The lowest BCUT2D eigenvalue weighted by molar-refractivity contribution is 0.00700. The number of hydrogen-bond donors (Lipinski definition) is 1. The van der Waals surface area contributed by atoms with Crippen LogP contribution in [0.1, 0.15) is 61.3 Å². The summed E-state index contributed by atoms with van der Waals surface area (Å²) in [6.45, 7) is 19.7. The number of aliphatic hydroxyl groups excluding tert-OH is 1. The van der Waals surface area contributed by atoms with Gasteiger partial charge < -0.3 is 14.3 Å². The maximum atomic E-state index is 12.6. The van der Waals surface area contributed by atoms with E-state index in [-0.39, 0.29) is 23.7 Å². The molecule has 1 N–H and O–H groups in total. The van der Waals surface area contributed by atoms with E-state index in [4.69, 9.17) is 9.16 Å². The molecule has 26 heavy (non-hydrogen) atoms. The van der Waals surface area contributed by atoms with Crippen molar-refractivity contribution in [2.45, 2.75) is 97.2 Å². The first-order chi connectivity index (χ1) is 11.7. The van der Waals surface area contributed by atoms with Crippen molar-refractivity contribution in [1.29, 1.82) is 0 Å². The van der Waals surface area contributed by atoms with E-state index in [1.54, 1.807) is 4.90 Å². The van der Waals surface area contributed by atoms with Gasteiger partial charge in [-0.3, -0.25) is 4.90 Å². The summed E-state index contributed by atoms with van der Waals surface area (Å²) in [5.41, 5.74) is 0.517. The second-order valence-corrected chi connectivity index (χ2v) is 14.5. The summed E-state index contributed by atoms with van der Waals surface area (Å²) in [4.78, 5) is 14.2. The molecule has 0 saturated carbocycles. The molecule has 0 aromatic rings. The second kappa shape index (κ2) is 8.44. The molecule has 0 aliphatic carbocycles. The average Bonchev–Trinajstić information content (AvgIpc) is 2.43. The van der Waals surface area contributed by atoms with Crippen LogP contribution in [-0.4, -0.2) is 55.3 Å². The fourth-order valence-corrected chi connectivity index (χ4v) is 3.88. The van der Waals surface area contributed by atoms with E-state index >= 15 is 0 Å². The van der Waals surface area contributed by atoms with Gasteiger partial charge in [-0.05, 0) is 57.3 Å². The summed E-state index contributed by atoms with van der Waals surface area (Å²) in [5.74, 6) is 0. The molecular formula is C20H39NO4Si. The molecule has 1 heterocycles. The first kappa shape index (κ1) is 23.2. The lowest BCUT2D eigenvalue weighted by atomic mass is 9.94. The minimum atomic E-state index is -1.80. The number of aliphatic hydroxyl groups is 1. The summed E-state index contributed by atoms with van der Waals surface area (Å²) >= 11 is 0. The maximum absolute atomic E-state index is 12.6. The molecule has 2 atom stereocenters. The van der Waals surface area contributed by atoms with Crippen LogP contribution in [0.5, 0.6) is 0 Å². The van der Waals surface area contributed by atoms with Gasteiger partial charge in [-0.1, -0.05) is 33.8 Å². The molecule has 0 aromatic carbocycles. The number of carbonyl (C=O) groups is 1. The molecule has 0 fully saturated rings. The molecule has 1 aliphatic heterocycles. The average molecular weight is 386 g/mol. The minimum absolute atomic E-state index is 0.0451. The van der Waals surface area contributed by atoms with Crippen LogP contribution in [0.3, 0.4) is 0 Å². The van der Waals surface area contributed by atoms with Crippen molar-refractivity contribution >= 4 is 14.4 Å². The number of amides is 1. The van der Waals surface area contributed by atoms with Gasteiger partial charge in [0.25, 0.3) is 0 Å². The number of carbonyl (C=O) groups excluding carboxylic acids is 1. The summed E-state index contributed by atoms with van der Waals surface area (Å²) in [5, 5.41) is 10.4. The monoisotopic (exact) mass is 385 g/mol. The van der Waals surface area contributed by atoms with Gasteiger partial charge in [-0.15, -0.1) is 0 Å². The quantitative estimate of drug-likeness (QED) is 0.550. The van der Waals surface area contributed by atoms with Gasteiger partial charge in [-0.2, -0.15) is 0 Å². The zero-order chi connectivity index (χ0) is 20.3. The molecule has 6 heteroatoms. The van der Waals surface area contributed by atoms with Gasteiger partial charge in [0.2, 0.25) is 0 Å². The molecule has 1 amide bonds. The van der Waals surface area contributed by atoms with Gasteiger partial charge in [0.15, 0.2) is 8.32 Å². The van der Waals surface area contributed by atoms with E-state index in [1.807, 2.05) is 26.8 Å². The van der Waals surface area contributed by atoms with Crippen molar-refractivity contribution in [2.75, 3.05) is 13.2 Å². The number of ether oxygens (including phenoxy) is 1. The van der Waals surface area contributed by atoms with Gasteiger partial charge in [0.1, 0.15) is 5.60 Å². The first-order valence-corrected chi connectivity index (χ1v) is 12.6. The van der Waals surface area contributed by atoms with Crippen LogP contribution in [0, 0.1) is 0 Å². The van der Waals surface area contributed by atoms with E-state index in [1.165, 1.54) is 0 Å². The molecule has 0 aromatic heterocycles. The summed E-state index contributed by atoms with van der Waals surface area (Å²) in [6, 6.07) is -0.0451. The summed E-state index contributed by atoms with van der Waals surface area (Å²) in [7, 11) is -1.80. The van der Waals surface area contributed by atoms with E-state index in [2.05, 4.69) is 40.8 Å². The van der Waals surface area contributed by atoms with Gasteiger partial charge in [0.05, 0.1) is 18.7 Å². The number of rotatable bonds is 5. The van der Waals surface area contributed by atoms with Gasteiger partial charge in [-0.25, -0.2) is 4.79 Å². The Balaban J connectivity index is 2.82. The number of hydrogen-bond acceptors (Lipinski definition) is 4. The Morgan fingerprint density at radius 2 is 1.85 bits per heavy atom. The Morgan fingerprint density at radius 1 is 1.27 bits per heavy atom. The first-order valence-electron chi connectivity index (χ1n) is 9.70. The fraction of sp³-hybridized carbons (Fsp3) is 0.850. The van der Waals surface area contributed by atoms with Crippen molar-refractivity contribution in [3.63, 3.8) is 0 Å². The SMILES string of the molecule is CC[C@@H]1C(CCO[Si](C)(C)C(C)(C)C)=C[C@H](O)CN1C(=O)OC(C)(C)C. The predicted molar refractivity (Wildman–Crippen MR) is 109 cm³/mol. The van der Waals surface area contributed by atoms with Crippen molar-refractivity contribution in [1.82, 2.24) is 4.90 Å². The molecule has 5 nitrogen and oxygen atoms in total. The van der Waals surface area contributed by atoms with Crippen molar-refractivity contribution in [3.05, 3.63) is 11.6 Å². The van der Waals surface area contributed by atoms with Gasteiger partial charge in [0, 0.05) is 6.61 Å². The topological polar surface area (TPSA) is 59.0 Å². The number of nitrogens with zero attached hydrogens (tertiary/aromatic N) is 1. The Kier molecular flexibility index (Phi) is 7.53. The van der Waals surface area contributed by atoms with Crippen molar-refractivity contribution < 1.29 is 19.1 Å². The Morgan fingerprint density at radius 3 is 2.31 bits per heavy atom. The summed E-state index contributed by atoms with van der Waals surface area (Å²) < 4.78 is 11.8. The molecule has 152 valence electrons. The highest BCUT2D eigenvalue weighted by molar-refractivity contribution is 6.74. The fourth-order valence-electron chi connectivity index (χ4n) is 2.84. The highest BCUT2D eigenvalue weighted by Gasteiger charge is 2.38. The minimum Gasteiger partial charge on any atom is -0.444 e. The Labute approximate surface area is 160 Å². The zero-order valence-corrected chi connectivity index (χ0v) is 19.2. The molecule has 1 aliphatic rings. The maximum Gasteiger partial charge on any atom is 0.410 e. The third-order valence-electron chi connectivity index (χ3n) is 5.27. The Bertz CT molecular complexity index is 517. The third kappa shape index (κ3) is 6.39. The molecule has 0 radical (unpaired) electrons. The van der Waals surface area contributed by atoms with E-state index in [0.717, 1.165) is 18.4 Å². The van der Waals surface area contributed by atoms with E-state index in [0.29, 0.717) is 6.61 Å². The molecule has 0 spiro atoms. The standard InChI is InChI=1S/C20H39NO4Si/c1-10-17-15(11-12-24-26(8,9)20(5,6)7)13-16(22)14-21(17)18(23)25-19(2,3)4/h13,16-17,22H,10-12,14H2,1-9H3/t16-,17+/m0/s1. The van der Waals surface area contributed by atoms with Crippen LogP contribution in [0.25, 0.3) is 0 Å². The number of β-amino-alcohol motifs (C(OH)–C–C–N with tert-alkyl or cyclic N) is 1. The van der Waals surface area contributed by atoms with Crippen molar-refractivity contribution in [2.24, 2.45) is 0 Å². The largest absolute Gasteiger partial charge is 0.444 e. The predicted octanol–water partition coefficient (Wildman–Crippen LogP) is 4.71. The molecule has 1 rings (SSSR count). The van der Waals surface area contributed by atoms with Gasteiger partial charge >= 0.3 is 6.09 Å². The smallest absolute Gasteiger partial charge is 0.410 e. The highest BCUT2D eigenvalue weighted by Crippen LogP contribution is 2.37. The van der Waals surface area contributed by atoms with Crippen LogP contribution in [0.2, 0.25) is 18.1 Å². The highest BCUT2D eigenvalue weighted by atomic mass is 28.4. The Hall–Kier alpha value is -0.853. The van der Waals surface area contributed by atoms with Crippen LogP contribution >= 0.6 is 0 Å². The summed E-state index contributed by atoms with van der Waals surface area (Å²) in [6.07, 6.45) is 2.39. The molecule has 0 bridgehead atoms. The second-order valence-electron chi connectivity index (χ2n) is 9.72. The van der Waals surface area contributed by atoms with Crippen LogP contribution in [0.15, 0.2) is 11.6 Å². The molecule has 0 saturated heterocycles. The molecule has 0 unspecified atom stereocenters. The van der Waals surface area contributed by atoms with Crippen LogP contribution in [-0.2, 0) is 9.16 Å². The van der Waals surface area contributed by atoms with E-state index < -0.39 is 20.0 Å². The lowest BCUT2D eigenvalue weighted by Crippen LogP contribution is -2.50. The van der Waals surface area contributed by atoms with E-state index in [9.17, 15) is 9.90 Å². The lowest BCUT2D eigenvalue weighted by Gasteiger charge is -2.40. The zero-order valence-electron chi connectivity index (χ0n) is 18.2. The van der Waals surface area contributed by atoms with Crippen LogP contribution in [0.4, 0.5) is 4.79 Å². The third-order valence-corrected chi connectivity index (χ3v) is 9.81. The van der Waals surface area contributed by atoms with Crippen LogP contribution < -0.4 is 0 Å². The normalized spacial score (nSPS) is 22.2. The molecular weight excluding hydrogens is 346 g/mol.